The first-order valence-corrected chi connectivity index (χ1v) is 7.70. The van der Waals surface area contributed by atoms with Gasteiger partial charge in [-0.05, 0) is 44.0 Å². The first-order chi connectivity index (χ1) is 9.17. The van der Waals surface area contributed by atoms with Crippen molar-refractivity contribution in [1.29, 1.82) is 0 Å². The van der Waals surface area contributed by atoms with Crippen LogP contribution in [0.1, 0.15) is 45.1 Å². The zero-order valence-electron chi connectivity index (χ0n) is 12.6. The molecule has 1 unspecified atom stereocenters. The summed E-state index contributed by atoms with van der Waals surface area (Å²) in [7, 11) is 0. The highest BCUT2D eigenvalue weighted by Crippen LogP contribution is 2.19. The number of hydrogen-bond acceptors (Lipinski definition) is 3. The summed E-state index contributed by atoms with van der Waals surface area (Å²) in [6, 6.07) is 4.83. The first kappa shape index (κ1) is 14.6. The van der Waals surface area contributed by atoms with Crippen molar-refractivity contribution >= 4 is 0 Å². The molecule has 1 fully saturated rings. The van der Waals surface area contributed by atoms with Crippen molar-refractivity contribution in [2.24, 2.45) is 5.92 Å². The predicted octanol–water partition coefficient (Wildman–Crippen LogP) is 3.05. The first-order valence-electron chi connectivity index (χ1n) is 7.70. The smallest absolute Gasteiger partial charge is 0.118 e. The van der Waals surface area contributed by atoms with E-state index in [-0.39, 0.29) is 0 Å². The molecule has 0 bridgehead atoms. The highest BCUT2D eigenvalue weighted by Gasteiger charge is 2.20. The van der Waals surface area contributed by atoms with Gasteiger partial charge < -0.3 is 9.73 Å². The van der Waals surface area contributed by atoms with Gasteiger partial charge >= 0.3 is 0 Å². The molecule has 0 spiro atoms. The van der Waals surface area contributed by atoms with E-state index in [1.807, 2.05) is 0 Å². The molecule has 0 amide bonds. The topological polar surface area (TPSA) is 28.4 Å². The van der Waals surface area contributed by atoms with E-state index in [0.717, 1.165) is 36.9 Å². The fourth-order valence-electron chi connectivity index (χ4n) is 2.78. The summed E-state index contributed by atoms with van der Waals surface area (Å²) in [4.78, 5) is 2.54. The third-order valence-corrected chi connectivity index (χ3v) is 3.86. The molecule has 1 aliphatic heterocycles. The van der Waals surface area contributed by atoms with Crippen molar-refractivity contribution in [2.75, 3.05) is 19.6 Å². The Labute approximate surface area is 117 Å². The van der Waals surface area contributed by atoms with Crippen molar-refractivity contribution < 1.29 is 4.42 Å². The highest BCUT2D eigenvalue weighted by molar-refractivity contribution is 5.07. The zero-order valence-corrected chi connectivity index (χ0v) is 12.6. The SMILES string of the molecule is CCc1ccc(CN2CCCC(CNC(C)C)C2)o1. The number of rotatable bonds is 6. The average molecular weight is 264 g/mol. The Morgan fingerprint density at radius 3 is 2.84 bits per heavy atom. The summed E-state index contributed by atoms with van der Waals surface area (Å²) in [6.45, 7) is 11.1. The molecule has 3 nitrogen and oxygen atoms in total. The van der Waals surface area contributed by atoms with E-state index in [1.165, 1.54) is 25.9 Å². The Kier molecular flexibility index (Phi) is 5.46. The van der Waals surface area contributed by atoms with Gasteiger partial charge in [-0.1, -0.05) is 20.8 Å². The third-order valence-electron chi connectivity index (χ3n) is 3.86. The lowest BCUT2D eigenvalue weighted by molar-refractivity contribution is 0.153. The van der Waals surface area contributed by atoms with E-state index in [2.05, 4.69) is 43.1 Å². The predicted molar refractivity (Wildman–Crippen MR) is 79.2 cm³/mol. The van der Waals surface area contributed by atoms with Gasteiger partial charge in [0.1, 0.15) is 11.5 Å². The quantitative estimate of drug-likeness (QED) is 0.856. The molecule has 2 rings (SSSR count). The summed E-state index contributed by atoms with van der Waals surface area (Å²) in [5.74, 6) is 3.01. The lowest BCUT2D eigenvalue weighted by atomic mass is 9.97. The Morgan fingerprint density at radius 1 is 1.37 bits per heavy atom. The molecule has 0 aliphatic carbocycles. The molecule has 0 saturated carbocycles. The molecule has 1 aromatic heterocycles. The maximum atomic E-state index is 5.81. The number of piperidine rings is 1. The number of nitrogens with zero attached hydrogens (tertiary/aromatic N) is 1. The van der Waals surface area contributed by atoms with Crippen LogP contribution in [0.15, 0.2) is 16.5 Å². The van der Waals surface area contributed by atoms with Gasteiger partial charge in [-0.25, -0.2) is 0 Å². The van der Waals surface area contributed by atoms with Crippen LogP contribution in [-0.4, -0.2) is 30.6 Å². The number of nitrogens with one attached hydrogen (secondary N) is 1. The van der Waals surface area contributed by atoms with Gasteiger partial charge in [-0.15, -0.1) is 0 Å². The lowest BCUT2D eigenvalue weighted by Crippen LogP contribution is -2.40. The van der Waals surface area contributed by atoms with E-state index in [9.17, 15) is 0 Å². The van der Waals surface area contributed by atoms with E-state index in [0.29, 0.717) is 6.04 Å². The van der Waals surface area contributed by atoms with Crippen LogP contribution in [0.3, 0.4) is 0 Å². The maximum absolute atomic E-state index is 5.81. The fourth-order valence-corrected chi connectivity index (χ4v) is 2.78. The van der Waals surface area contributed by atoms with Crippen LogP contribution >= 0.6 is 0 Å². The molecular formula is C16H28N2O. The lowest BCUT2D eigenvalue weighted by Gasteiger charge is -2.32. The second-order valence-corrected chi connectivity index (χ2v) is 6.03. The molecule has 2 heterocycles. The minimum absolute atomic E-state index is 0.590. The van der Waals surface area contributed by atoms with Gasteiger partial charge in [0, 0.05) is 19.0 Å². The molecule has 1 atom stereocenters. The van der Waals surface area contributed by atoms with Gasteiger partial charge in [-0.3, -0.25) is 4.90 Å². The van der Waals surface area contributed by atoms with E-state index >= 15 is 0 Å². The summed E-state index contributed by atoms with van der Waals surface area (Å²) in [5.41, 5.74) is 0. The standard InChI is InChI=1S/C16H28N2O/c1-4-15-7-8-16(19-15)12-18-9-5-6-14(11-18)10-17-13(2)3/h7-8,13-14,17H,4-6,9-12H2,1-3H3. The van der Waals surface area contributed by atoms with Crippen LogP contribution < -0.4 is 5.32 Å². The second-order valence-electron chi connectivity index (χ2n) is 6.03. The highest BCUT2D eigenvalue weighted by atomic mass is 16.3. The number of furan rings is 1. The molecule has 3 heteroatoms. The van der Waals surface area contributed by atoms with Gasteiger partial charge in [0.25, 0.3) is 0 Å². The van der Waals surface area contributed by atoms with Crippen LogP contribution in [0.4, 0.5) is 0 Å². The molecule has 1 aliphatic rings. The molecule has 108 valence electrons. The summed E-state index contributed by atoms with van der Waals surface area (Å²) in [5, 5.41) is 3.56. The van der Waals surface area contributed by atoms with Crippen LogP contribution in [0.5, 0.6) is 0 Å². The van der Waals surface area contributed by atoms with Crippen LogP contribution in [0.2, 0.25) is 0 Å². The maximum Gasteiger partial charge on any atom is 0.118 e. The zero-order chi connectivity index (χ0) is 13.7. The van der Waals surface area contributed by atoms with E-state index in [4.69, 9.17) is 4.42 Å². The molecule has 0 radical (unpaired) electrons. The van der Waals surface area contributed by atoms with Crippen LogP contribution in [0.25, 0.3) is 0 Å². The Morgan fingerprint density at radius 2 is 2.16 bits per heavy atom. The minimum Gasteiger partial charge on any atom is -0.465 e. The summed E-state index contributed by atoms with van der Waals surface area (Å²) >= 11 is 0. The molecule has 1 saturated heterocycles. The molecular weight excluding hydrogens is 236 g/mol. The average Bonchev–Trinajstić information content (AvgIpc) is 2.84. The Balaban J connectivity index is 1.80. The van der Waals surface area contributed by atoms with Gasteiger partial charge in [0.15, 0.2) is 0 Å². The van der Waals surface area contributed by atoms with Crippen LogP contribution in [-0.2, 0) is 13.0 Å². The third kappa shape index (κ3) is 4.66. The van der Waals surface area contributed by atoms with Gasteiger partial charge in [-0.2, -0.15) is 0 Å². The number of hydrogen-bond donors (Lipinski definition) is 1. The van der Waals surface area contributed by atoms with Crippen molar-refractivity contribution in [3.05, 3.63) is 23.7 Å². The number of aryl methyl sites for hydroxylation is 1. The van der Waals surface area contributed by atoms with Gasteiger partial charge in [0.2, 0.25) is 0 Å². The Bertz CT molecular complexity index is 373. The van der Waals surface area contributed by atoms with Crippen molar-refractivity contribution in [3.63, 3.8) is 0 Å². The molecule has 1 aromatic rings. The van der Waals surface area contributed by atoms with E-state index < -0.39 is 0 Å². The fraction of sp³-hybridized carbons (Fsp3) is 0.750. The largest absolute Gasteiger partial charge is 0.465 e. The summed E-state index contributed by atoms with van der Waals surface area (Å²) < 4.78 is 5.81. The molecule has 19 heavy (non-hydrogen) atoms. The monoisotopic (exact) mass is 264 g/mol. The van der Waals surface area contributed by atoms with Crippen molar-refractivity contribution in [1.82, 2.24) is 10.2 Å². The van der Waals surface area contributed by atoms with Gasteiger partial charge in [0.05, 0.1) is 6.54 Å². The minimum atomic E-state index is 0.590. The van der Waals surface area contributed by atoms with Crippen molar-refractivity contribution in [2.45, 2.75) is 52.6 Å². The molecule has 1 N–H and O–H groups in total. The van der Waals surface area contributed by atoms with E-state index in [1.54, 1.807) is 0 Å². The second kappa shape index (κ2) is 7.11. The molecule has 0 aromatic carbocycles. The number of likely N-dealkylation sites (tertiary alicyclic amines) is 1. The van der Waals surface area contributed by atoms with Crippen LogP contribution in [0, 0.1) is 5.92 Å². The Hall–Kier alpha value is -0.800. The normalized spacial score (nSPS) is 21.2. The van der Waals surface area contributed by atoms with Crippen molar-refractivity contribution in [3.8, 4) is 0 Å². The summed E-state index contributed by atoms with van der Waals surface area (Å²) in [6.07, 6.45) is 3.65.